The van der Waals surface area contributed by atoms with E-state index in [0.717, 1.165) is 17.4 Å². The van der Waals surface area contributed by atoms with Crippen LogP contribution in [-0.4, -0.2) is 26.0 Å². The van der Waals surface area contributed by atoms with Crippen molar-refractivity contribution < 1.29 is 14.8 Å². The molecule has 2 heterocycles. The summed E-state index contributed by atoms with van der Waals surface area (Å²) in [5.41, 5.74) is 1.00. The normalized spacial score (nSPS) is 12.1. The molecule has 4 rings (SSSR count). The Morgan fingerprint density at radius 2 is 2.15 bits per heavy atom. The zero-order chi connectivity index (χ0) is 19.1. The van der Waals surface area contributed by atoms with Gasteiger partial charge in [0.2, 0.25) is 0 Å². The van der Waals surface area contributed by atoms with Crippen molar-refractivity contribution in [2.24, 2.45) is 0 Å². The van der Waals surface area contributed by atoms with Gasteiger partial charge in [-0.05, 0) is 25.1 Å². The number of imidazole rings is 1. The Hall–Kier alpha value is -3.46. The summed E-state index contributed by atoms with van der Waals surface area (Å²) >= 11 is 1.15. The van der Waals surface area contributed by atoms with Crippen molar-refractivity contribution in [1.82, 2.24) is 9.38 Å². The predicted molar refractivity (Wildman–Crippen MR) is 102 cm³/mol. The molecule has 27 heavy (non-hydrogen) atoms. The third-order valence-corrected chi connectivity index (χ3v) is 5.00. The number of non-ortho nitro benzene ring substituents is 1. The lowest BCUT2D eigenvalue weighted by Gasteiger charge is -2.07. The van der Waals surface area contributed by atoms with Crippen LogP contribution < -0.4 is 14.8 Å². The molecular formula is C18H13N3O5S. The summed E-state index contributed by atoms with van der Waals surface area (Å²) < 4.78 is 7.07. The number of benzene rings is 2. The van der Waals surface area contributed by atoms with Crippen LogP contribution in [-0.2, 0) is 0 Å². The number of nitrogens with zero attached hydrogens (tertiary/aromatic N) is 3. The number of phenolic OH excluding ortho intramolecular Hbond substituents is 1. The summed E-state index contributed by atoms with van der Waals surface area (Å²) in [7, 11) is 0. The third-order valence-electron chi connectivity index (χ3n) is 4.03. The second-order valence-electron chi connectivity index (χ2n) is 5.71. The topological polar surface area (TPSA) is 107 Å². The van der Waals surface area contributed by atoms with Crippen LogP contribution in [0.5, 0.6) is 11.5 Å². The quantitative estimate of drug-likeness (QED) is 0.429. The smallest absolute Gasteiger partial charge is 0.274 e. The number of aromatic hydroxyl groups is 1. The van der Waals surface area contributed by atoms with Gasteiger partial charge >= 0.3 is 0 Å². The van der Waals surface area contributed by atoms with Crippen LogP contribution in [0.25, 0.3) is 22.1 Å². The highest BCUT2D eigenvalue weighted by Gasteiger charge is 2.17. The Morgan fingerprint density at radius 1 is 1.37 bits per heavy atom. The number of rotatable bonds is 4. The Kier molecular flexibility index (Phi) is 4.00. The number of thiazole rings is 1. The van der Waals surface area contributed by atoms with Gasteiger partial charge in [0.1, 0.15) is 0 Å². The van der Waals surface area contributed by atoms with Crippen molar-refractivity contribution in [2.45, 2.75) is 6.92 Å². The number of hydrogen-bond donors (Lipinski definition) is 1. The van der Waals surface area contributed by atoms with Crippen LogP contribution in [0.15, 0.2) is 41.2 Å². The van der Waals surface area contributed by atoms with E-state index >= 15 is 0 Å². The highest BCUT2D eigenvalue weighted by Crippen LogP contribution is 2.35. The summed E-state index contributed by atoms with van der Waals surface area (Å²) in [5.74, 6) is -0.255. The monoisotopic (exact) mass is 383 g/mol. The van der Waals surface area contributed by atoms with Crippen LogP contribution in [0.3, 0.4) is 0 Å². The molecule has 0 aliphatic carbocycles. The van der Waals surface area contributed by atoms with Crippen molar-refractivity contribution in [3.05, 3.63) is 67.0 Å². The lowest BCUT2D eigenvalue weighted by Crippen LogP contribution is -2.22. The van der Waals surface area contributed by atoms with E-state index in [4.69, 9.17) is 4.74 Å². The van der Waals surface area contributed by atoms with Gasteiger partial charge in [-0.1, -0.05) is 23.5 Å². The van der Waals surface area contributed by atoms with E-state index in [1.807, 2.05) is 18.2 Å². The maximum atomic E-state index is 12.8. The van der Waals surface area contributed by atoms with Crippen LogP contribution >= 0.6 is 11.3 Å². The molecule has 0 radical (unpaired) electrons. The number of nitro groups is 1. The molecular weight excluding hydrogens is 370 g/mol. The van der Waals surface area contributed by atoms with Gasteiger partial charge in [-0.15, -0.1) is 0 Å². The minimum absolute atomic E-state index is 0.00261. The largest absolute Gasteiger partial charge is 0.504 e. The molecule has 4 aromatic rings. The standard InChI is InChI=1S/C18H13N3O5S/c1-2-26-14-9-11(21(24)25)7-10(16(14)22)8-15-17(23)20-13-6-4-3-5-12(13)19-18(20)27-15/h3-9,22H,2H2,1H3/b15-8+. The SMILES string of the molecule is CCOc1cc([N+](=O)[O-])cc(/C=c2/sc3nc4ccccc4n3c2=O)c1O. The van der Waals surface area contributed by atoms with Crippen molar-refractivity contribution in [1.29, 1.82) is 0 Å². The van der Waals surface area contributed by atoms with E-state index in [1.54, 1.807) is 13.0 Å². The summed E-state index contributed by atoms with van der Waals surface area (Å²) in [6.07, 6.45) is 1.42. The van der Waals surface area contributed by atoms with E-state index in [2.05, 4.69) is 4.98 Å². The number of ether oxygens (including phenoxy) is 1. The van der Waals surface area contributed by atoms with Gasteiger partial charge in [0.15, 0.2) is 16.5 Å². The molecule has 0 unspecified atom stereocenters. The van der Waals surface area contributed by atoms with E-state index in [1.165, 1.54) is 16.5 Å². The van der Waals surface area contributed by atoms with Crippen LogP contribution in [0.1, 0.15) is 12.5 Å². The average Bonchev–Trinajstić information content (AvgIpc) is 3.15. The molecule has 0 spiro atoms. The van der Waals surface area contributed by atoms with E-state index in [-0.39, 0.29) is 34.9 Å². The van der Waals surface area contributed by atoms with Crippen molar-refractivity contribution in [3.63, 3.8) is 0 Å². The number of para-hydroxylation sites is 2. The second kappa shape index (κ2) is 6.36. The Morgan fingerprint density at radius 3 is 2.89 bits per heavy atom. The molecule has 2 aromatic heterocycles. The van der Waals surface area contributed by atoms with Crippen LogP contribution in [0, 0.1) is 10.1 Å². The van der Waals surface area contributed by atoms with E-state index in [9.17, 15) is 20.0 Å². The second-order valence-corrected chi connectivity index (χ2v) is 6.72. The van der Waals surface area contributed by atoms with E-state index < -0.39 is 4.92 Å². The molecule has 136 valence electrons. The van der Waals surface area contributed by atoms with Gasteiger partial charge in [-0.3, -0.25) is 14.9 Å². The van der Waals surface area contributed by atoms with Crippen molar-refractivity contribution in [3.8, 4) is 11.5 Å². The third kappa shape index (κ3) is 2.77. The zero-order valence-electron chi connectivity index (χ0n) is 14.1. The predicted octanol–water partition coefficient (Wildman–Crippen LogP) is 2.47. The molecule has 2 aromatic carbocycles. The summed E-state index contributed by atoms with van der Waals surface area (Å²) in [6.45, 7) is 1.94. The molecule has 8 nitrogen and oxygen atoms in total. The van der Waals surface area contributed by atoms with Gasteiger partial charge in [0, 0.05) is 11.6 Å². The first-order chi connectivity index (χ1) is 13.0. The average molecular weight is 383 g/mol. The minimum atomic E-state index is -0.577. The zero-order valence-corrected chi connectivity index (χ0v) is 14.9. The van der Waals surface area contributed by atoms with Crippen LogP contribution in [0.4, 0.5) is 5.69 Å². The maximum Gasteiger partial charge on any atom is 0.274 e. The molecule has 0 fully saturated rings. The fourth-order valence-corrected chi connectivity index (χ4v) is 3.83. The molecule has 0 saturated carbocycles. The molecule has 0 amide bonds. The number of nitro benzene ring substituents is 1. The van der Waals surface area contributed by atoms with Gasteiger partial charge in [-0.2, -0.15) is 0 Å². The molecule has 0 aliphatic heterocycles. The highest BCUT2D eigenvalue weighted by molar-refractivity contribution is 7.15. The summed E-state index contributed by atoms with van der Waals surface area (Å²) in [6, 6.07) is 9.63. The first-order valence-corrected chi connectivity index (χ1v) is 8.87. The Labute approximate surface area is 155 Å². The van der Waals surface area contributed by atoms with Gasteiger partial charge < -0.3 is 9.84 Å². The Bertz CT molecular complexity index is 1310. The number of phenols is 1. The lowest BCUT2D eigenvalue weighted by atomic mass is 10.1. The Balaban J connectivity index is 1.97. The number of aromatic nitrogens is 2. The highest BCUT2D eigenvalue weighted by atomic mass is 32.1. The number of hydrogen-bond acceptors (Lipinski definition) is 7. The van der Waals surface area contributed by atoms with Gasteiger partial charge in [0.05, 0.1) is 33.2 Å². The fourth-order valence-electron chi connectivity index (χ4n) is 2.85. The lowest BCUT2D eigenvalue weighted by molar-refractivity contribution is -0.385. The summed E-state index contributed by atoms with van der Waals surface area (Å²) in [5, 5.41) is 21.5. The molecule has 0 aliphatic rings. The number of fused-ring (bicyclic) bond motifs is 3. The maximum absolute atomic E-state index is 12.8. The molecule has 0 atom stereocenters. The fraction of sp³-hybridized carbons (Fsp3) is 0.111. The van der Waals surface area contributed by atoms with E-state index in [0.29, 0.717) is 20.5 Å². The van der Waals surface area contributed by atoms with Crippen molar-refractivity contribution >= 4 is 39.1 Å². The molecule has 0 bridgehead atoms. The van der Waals surface area contributed by atoms with Crippen LogP contribution in [0.2, 0.25) is 0 Å². The van der Waals surface area contributed by atoms with Gasteiger partial charge in [0.25, 0.3) is 11.2 Å². The molecule has 0 saturated heterocycles. The van der Waals surface area contributed by atoms with Gasteiger partial charge in [-0.25, -0.2) is 9.38 Å². The summed E-state index contributed by atoms with van der Waals surface area (Å²) in [4.78, 5) is 28.3. The molecule has 1 N–H and O–H groups in total. The first-order valence-electron chi connectivity index (χ1n) is 8.05. The van der Waals surface area contributed by atoms with Crippen molar-refractivity contribution in [2.75, 3.05) is 6.61 Å². The minimum Gasteiger partial charge on any atom is -0.504 e. The first kappa shape index (κ1) is 17.0. The molecule has 9 heteroatoms.